The molecule has 0 saturated carbocycles. The van der Waals surface area contributed by atoms with Crippen LogP contribution < -0.4 is 15.4 Å². The van der Waals surface area contributed by atoms with Crippen molar-refractivity contribution in [2.75, 3.05) is 0 Å². The Balaban J connectivity index is 0.00000490. The van der Waals surface area contributed by atoms with Crippen LogP contribution in [-0.4, -0.2) is 48.2 Å². The normalized spacial score (nSPS) is 15.8. The molecule has 0 radical (unpaired) electrons. The van der Waals surface area contributed by atoms with E-state index in [-0.39, 0.29) is 35.7 Å². The van der Waals surface area contributed by atoms with Gasteiger partial charge in [-0.3, -0.25) is 0 Å². The zero-order valence-electron chi connectivity index (χ0n) is 38.1. The molecular formula is C50H51BN8O2Zn. The van der Waals surface area contributed by atoms with Crippen LogP contribution in [0, 0.1) is 0 Å². The van der Waals surface area contributed by atoms with Crippen molar-refractivity contribution in [1.82, 2.24) is 39.9 Å². The van der Waals surface area contributed by atoms with Crippen molar-refractivity contribution >= 4 is 56.7 Å². The van der Waals surface area contributed by atoms with Gasteiger partial charge in [-0.1, -0.05) is 117 Å². The van der Waals surface area contributed by atoms with Crippen molar-refractivity contribution in [3.05, 3.63) is 89.5 Å². The minimum Gasteiger partial charge on any atom is -0.399 e. The summed E-state index contributed by atoms with van der Waals surface area (Å²) in [6, 6.07) is 25.5. The zero-order valence-corrected chi connectivity index (χ0v) is 41.1. The van der Waals surface area contributed by atoms with Crippen LogP contribution in [0.5, 0.6) is 0 Å². The first kappa shape index (κ1) is 42.2. The molecule has 3 aliphatic rings. The monoisotopic (exact) mass is 870 g/mol. The van der Waals surface area contributed by atoms with E-state index in [0.29, 0.717) is 45.9 Å². The van der Waals surface area contributed by atoms with Crippen LogP contribution in [0.15, 0.2) is 72.8 Å². The third kappa shape index (κ3) is 6.90. The maximum Gasteiger partial charge on any atom is 2.00 e. The summed E-state index contributed by atoms with van der Waals surface area (Å²) < 4.78 is 13.0. The van der Waals surface area contributed by atoms with Crippen LogP contribution in [0.3, 0.4) is 0 Å². The molecular weight excluding hydrogens is 821 g/mol. The minimum atomic E-state index is -0.574. The Morgan fingerprint density at radius 3 is 1.21 bits per heavy atom. The zero-order chi connectivity index (χ0) is 43.2. The third-order valence-corrected chi connectivity index (χ3v) is 12.8. The Kier molecular flexibility index (Phi) is 9.47. The van der Waals surface area contributed by atoms with Gasteiger partial charge in [0.05, 0.1) is 34.5 Å². The summed E-state index contributed by atoms with van der Waals surface area (Å²) in [5.41, 5.74) is 8.62. The molecule has 8 bridgehead atoms. The van der Waals surface area contributed by atoms with Crippen LogP contribution in [0.4, 0.5) is 0 Å². The molecule has 0 N–H and O–H groups in total. The van der Waals surface area contributed by atoms with Gasteiger partial charge in [-0.05, 0) is 106 Å². The van der Waals surface area contributed by atoms with Crippen molar-refractivity contribution < 1.29 is 28.8 Å². The van der Waals surface area contributed by atoms with E-state index < -0.39 is 18.3 Å². The fourth-order valence-corrected chi connectivity index (χ4v) is 8.21. The topological polar surface area (TPSA) is 124 Å². The first-order chi connectivity index (χ1) is 28.5. The predicted molar refractivity (Wildman–Crippen MR) is 246 cm³/mol. The number of nitrogens with zero attached hydrogens (tertiary/aromatic N) is 8. The van der Waals surface area contributed by atoms with Crippen LogP contribution in [-0.2, 0) is 45.0 Å². The second-order valence-corrected chi connectivity index (χ2v) is 20.9. The van der Waals surface area contributed by atoms with Gasteiger partial charge in [-0.25, -0.2) is 9.97 Å². The Labute approximate surface area is 376 Å². The van der Waals surface area contributed by atoms with Crippen LogP contribution in [0.2, 0.25) is 0 Å². The number of benzene rings is 4. The first-order valence-electron chi connectivity index (χ1n) is 21.2. The van der Waals surface area contributed by atoms with E-state index in [4.69, 9.17) is 49.2 Å². The van der Waals surface area contributed by atoms with Crippen molar-refractivity contribution in [2.45, 2.75) is 117 Å². The maximum atomic E-state index is 6.51. The summed E-state index contributed by atoms with van der Waals surface area (Å²) in [5, 5.41) is 3.41. The minimum absolute atomic E-state index is 0. The average Bonchev–Trinajstić information content (AvgIpc) is 3.94. The number of aromatic nitrogens is 8. The predicted octanol–water partition coefficient (Wildman–Crippen LogP) is 10.3. The summed E-state index contributed by atoms with van der Waals surface area (Å²) in [6.07, 6.45) is 0. The third-order valence-electron chi connectivity index (χ3n) is 12.8. The molecule has 1 saturated heterocycles. The summed E-state index contributed by atoms with van der Waals surface area (Å²) >= 11 is 0. The number of hydrogen-bond acceptors (Lipinski definition) is 8. The fourth-order valence-electron chi connectivity index (χ4n) is 8.21. The molecule has 0 aliphatic carbocycles. The van der Waals surface area contributed by atoms with Gasteiger partial charge < -0.3 is 39.2 Å². The number of hydrogen-bond donors (Lipinski definition) is 0. The fraction of sp³-hybridized carbons (Fsp3) is 0.360. The molecule has 0 unspecified atom stereocenters. The molecule has 10 rings (SSSR count). The quantitative estimate of drug-likeness (QED) is 0.147. The Hall–Kier alpha value is -5.15. The van der Waals surface area contributed by atoms with E-state index >= 15 is 0 Å². The molecule has 7 aromatic rings. The second kappa shape index (κ2) is 13.9. The van der Waals surface area contributed by atoms with Gasteiger partial charge in [0.1, 0.15) is 0 Å². The summed E-state index contributed by atoms with van der Waals surface area (Å²) in [4.78, 5) is 41.7. The van der Waals surface area contributed by atoms with Gasteiger partial charge in [0.2, 0.25) is 0 Å². The van der Waals surface area contributed by atoms with Crippen LogP contribution >= 0.6 is 0 Å². The van der Waals surface area contributed by atoms with Gasteiger partial charge in [-0.15, -0.1) is 0 Å². The van der Waals surface area contributed by atoms with Crippen molar-refractivity contribution in [1.29, 1.82) is 0 Å². The van der Waals surface area contributed by atoms with Gasteiger partial charge >= 0.3 is 26.6 Å². The molecule has 62 heavy (non-hydrogen) atoms. The Bertz CT molecular complexity index is 3150. The standard InChI is InChI=1S/C50H51BN8O2.Zn/c1-46(2,3)26-14-18-30-34(22-26)42-52-38(30)54-43-36-24-28(48(7,8)9)16-20-32(36)40(56-43)58-45-37-25-29(51-60-49(10,11)50(12,13)61-51)17-21-33(37)41(59-45)57-44-35-23-27(47(4,5)6)15-19-31(35)39(53-42)55-44;/h14-25H,1-13H3;/q-2;+2. The van der Waals surface area contributed by atoms with Crippen molar-refractivity contribution in [3.63, 3.8) is 0 Å². The molecule has 308 valence electrons. The van der Waals surface area contributed by atoms with E-state index in [1.165, 1.54) is 5.56 Å². The van der Waals surface area contributed by atoms with Gasteiger partial charge in [0.25, 0.3) is 0 Å². The first-order valence-corrected chi connectivity index (χ1v) is 21.2. The second-order valence-electron chi connectivity index (χ2n) is 20.9. The SMILES string of the molecule is CC(C)(C)c1ccc2c(c1)-c1nc-2nc2[n-]c(nc3nc(nc4[n-]c(n1)c1ccc(B5OC(C)(C)C(C)(C)O5)cc41)-c1ccc(C(C)(C)C)cc1-3)c1ccc(C(C)(C)C)cc21.[Zn+2]. The van der Waals surface area contributed by atoms with E-state index in [1.54, 1.807) is 0 Å². The molecule has 1 fully saturated rings. The molecule has 10 nitrogen and oxygen atoms in total. The largest absolute Gasteiger partial charge is 2.00 e. The summed E-state index contributed by atoms with van der Waals surface area (Å²) in [6.45, 7) is 28.1. The van der Waals surface area contributed by atoms with Crippen LogP contribution in [0.1, 0.15) is 107 Å². The van der Waals surface area contributed by atoms with Crippen molar-refractivity contribution in [3.8, 4) is 45.6 Å². The molecule has 0 amide bonds. The van der Waals surface area contributed by atoms with Gasteiger partial charge in [0.15, 0.2) is 0 Å². The molecule has 4 aromatic carbocycles. The molecule has 3 aliphatic heterocycles. The molecule has 0 spiro atoms. The Morgan fingerprint density at radius 1 is 0.419 bits per heavy atom. The van der Waals surface area contributed by atoms with Gasteiger partial charge in [-0.2, -0.15) is 0 Å². The van der Waals surface area contributed by atoms with E-state index in [0.717, 1.165) is 60.4 Å². The molecule has 0 atom stereocenters. The average molecular weight is 872 g/mol. The number of rotatable bonds is 1. The van der Waals surface area contributed by atoms with Crippen molar-refractivity contribution in [2.24, 2.45) is 0 Å². The molecule has 6 heterocycles. The molecule has 12 heteroatoms. The Morgan fingerprint density at radius 2 is 0.774 bits per heavy atom. The smallest absolute Gasteiger partial charge is 0.399 e. The molecule has 3 aromatic heterocycles. The van der Waals surface area contributed by atoms with E-state index in [9.17, 15) is 0 Å². The van der Waals surface area contributed by atoms with Gasteiger partial charge in [0, 0.05) is 44.8 Å². The summed E-state index contributed by atoms with van der Waals surface area (Å²) in [5.74, 6) is 2.10. The summed E-state index contributed by atoms with van der Waals surface area (Å²) in [7, 11) is -0.574. The van der Waals surface area contributed by atoms with E-state index in [2.05, 4.69) is 151 Å². The number of fused-ring (bicyclic) bond motifs is 20. The van der Waals surface area contributed by atoms with Crippen LogP contribution in [0.25, 0.3) is 89.7 Å². The maximum absolute atomic E-state index is 6.51. The van der Waals surface area contributed by atoms with E-state index in [1.807, 2.05) is 12.1 Å².